The van der Waals surface area contributed by atoms with Crippen molar-refractivity contribution < 1.29 is 49.2 Å². The molecular weight excluding hydrogens is 632 g/mol. The first kappa shape index (κ1) is 42.8. The predicted octanol–water partition coefficient (Wildman–Crippen LogP) is 6.31. The van der Waals surface area contributed by atoms with Gasteiger partial charge in [-0.1, -0.05) is 80.5 Å². The normalized spacial score (nSPS) is 14.0. The summed E-state index contributed by atoms with van der Waals surface area (Å²) in [6.07, 6.45) is 14.6. The summed E-state index contributed by atoms with van der Waals surface area (Å²) in [5.41, 5.74) is -0.311. The second-order valence-corrected chi connectivity index (χ2v) is 12.5. The van der Waals surface area contributed by atoms with Crippen molar-refractivity contribution in [2.45, 2.75) is 122 Å². The molecule has 0 aliphatic rings. The van der Waals surface area contributed by atoms with Gasteiger partial charge in [0.1, 0.15) is 25.5 Å². The Hall–Kier alpha value is -4.19. The van der Waals surface area contributed by atoms with Crippen molar-refractivity contribution >= 4 is 29.5 Å². The topological polar surface area (TPSA) is 192 Å². The molecule has 0 bridgehead atoms. The molecule has 274 valence electrons. The van der Waals surface area contributed by atoms with Crippen molar-refractivity contribution in [2.24, 2.45) is 11.1 Å². The smallest absolute Gasteiger partial charge is 0.337 e. The summed E-state index contributed by atoms with van der Waals surface area (Å²) < 4.78 is 5.62. The number of hydrogen-bond acceptors (Lipinski definition) is 8. The molecule has 0 heterocycles. The Balaban J connectivity index is 2.87. The van der Waals surface area contributed by atoms with Gasteiger partial charge in [0.2, 0.25) is 5.91 Å². The van der Waals surface area contributed by atoms with Gasteiger partial charge in [-0.3, -0.25) is 9.59 Å². The molecule has 0 aromatic heterocycles. The molecule has 0 fully saturated rings. The van der Waals surface area contributed by atoms with Crippen LogP contribution in [0.2, 0.25) is 0 Å². The fourth-order valence-electron chi connectivity index (χ4n) is 5.19. The number of aliphatic carboxylic acids is 3. The van der Waals surface area contributed by atoms with E-state index in [4.69, 9.17) is 9.57 Å². The average molecular weight is 689 g/mol. The van der Waals surface area contributed by atoms with Crippen molar-refractivity contribution in [3.63, 3.8) is 0 Å². The Morgan fingerprint density at radius 2 is 1.53 bits per heavy atom. The highest BCUT2D eigenvalue weighted by molar-refractivity contribution is 5.94. The molecule has 0 unspecified atom stereocenters. The van der Waals surface area contributed by atoms with E-state index in [-0.39, 0.29) is 6.42 Å². The fourth-order valence-corrected chi connectivity index (χ4v) is 5.19. The summed E-state index contributed by atoms with van der Waals surface area (Å²) in [6, 6.07) is 5.15. The van der Waals surface area contributed by atoms with Gasteiger partial charge in [-0.05, 0) is 76.1 Å². The molecule has 12 nitrogen and oxygen atoms in total. The van der Waals surface area contributed by atoms with Crippen LogP contribution in [0, 0.1) is 5.92 Å². The van der Waals surface area contributed by atoms with Crippen LogP contribution < -0.4 is 10.1 Å². The summed E-state index contributed by atoms with van der Waals surface area (Å²) in [7, 11) is 1.54. The number of allylic oxidation sites excluding steroid dienone is 2. The van der Waals surface area contributed by atoms with E-state index in [0.29, 0.717) is 30.8 Å². The zero-order valence-corrected chi connectivity index (χ0v) is 29.5. The third-order valence-corrected chi connectivity index (χ3v) is 8.01. The molecule has 0 spiro atoms. The van der Waals surface area contributed by atoms with Crippen LogP contribution in [-0.4, -0.2) is 75.3 Å². The average Bonchev–Trinajstić information content (AvgIpc) is 3.03. The first-order valence-electron chi connectivity index (χ1n) is 17.1. The number of benzene rings is 1. The number of aliphatic hydroxyl groups is 1. The minimum atomic E-state index is -3.01. The molecule has 3 atom stereocenters. The van der Waals surface area contributed by atoms with Crippen LogP contribution in [0.4, 0.5) is 0 Å². The minimum Gasteiger partial charge on any atom is -0.490 e. The van der Waals surface area contributed by atoms with E-state index in [1.807, 2.05) is 19.9 Å². The lowest BCUT2D eigenvalue weighted by molar-refractivity contribution is -0.172. The number of carbonyl (C=O) groups is 4. The molecular formula is C37H56N2O10. The third kappa shape index (κ3) is 17.7. The second-order valence-electron chi connectivity index (χ2n) is 12.5. The van der Waals surface area contributed by atoms with Crippen LogP contribution in [-0.2, 0) is 30.4 Å². The fraction of sp³-hybridized carbons (Fsp3) is 0.595. The molecule has 0 radical (unpaired) electrons. The standard InChI is InChI=1S/C37H56N2O10/c1-5-6-7-10-13-16-29(39-48-4)17-14-11-8-9-12-15-18-31(37(47,36(45)46)26-33(40)41)34(42)38-32(35(43)44)25-28-19-21-30(22-20-28)49-24-23-27(2)3/h15,18-23,31-32,47H,5-14,16-17,24-26H2,1-4H3,(H,38,42)(H,40,41)(H,43,44)(H,45,46)/b18-15+,39-29?/t31-,32+,37+/m1/s1. The molecule has 0 saturated heterocycles. The van der Waals surface area contributed by atoms with Crippen molar-refractivity contribution in [3.8, 4) is 5.75 Å². The SMILES string of the molecule is CCCCCCCC(CCCCCC/C=C/[C@H](C(=O)N[C@@H](Cc1ccc(OCC=C(C)C)cc1)C(=O)O)[C@@](O)(CC(=O)O)C(=O)O)=NOC. The van der Waals surface area contributed by atoms with Crippen LogP contribution in [0.3, 0.4) is 0 Å². The maximum atomic E-state index is 13.4. The number of oxime groups is 1. The number of ether oxygens (including phenoxy) is 1. The summed E-state index contributed by atoms with van der Waals surface area (Å²) in [4.78, 5) is 54.1. The van der Waals surface area contributed by atoms with Gasteiger partial charge in [-0.25, -0.2) is 9.59 Å². The Morgan fingerprint density at radius 1 is 0.918 bits per heavy atom. The monoisotopic (exact) mass is 688 g/mol. The van der Waals surface area contributed by atoms with Crippen LogP contribution >= 0.6 is 0 Å². The highest BCUT2D eigenvalue weighted by atomic mass is 16.6. The molecule has 1 aromatic rings. The number of carboxylic acid groups (broad SMARTS) is 3. The van der Waals surface area contributed by atoms with Crippen LogP contribution in [0.5, 0.6) is 5.75 Å². The van der Waals surface area contributed by atoms with E-state index in [1.165, 1.54) is 31.8 Å². The largest absolute Gasteiger partial charge is 0.490 e. The highest BCUT2D eigenvalue weighted by Gasteiger charge is 2.49. The van der Waals surface area contributed by atoms with Crippen LogP contribution in [0.15, 0.2) is 53.2 Å². The molecule has 0 aliphatic heterocycles. The van der Waals surface area contributed by atoms with E-state index in [9.17, 15) is 39.6 Å². The summed E-state index contributed by atoms with van der Waals surface area (Å²) in [6.45, 7) is 6.45. The number of amides is 1. The first-order valence-corrected chi connectivity index (χ1v) is 17.1. The van der Waals surface area contributed by atoms with Gasteiger partial charge < -0.3 is 35.3 Å². The minimum absolute atomic E-state index is 0.147. The van der Waals surface area contributed by atoms with Gasteiger partial charge in [0.15, 0.2) is 5.60 Å². The Morgan fingerprint density at radius 3 is 2.06 bits per heavy atom. The second kappa shape index (κ2) is 24.0. The lowest BCUT2D eigenvalue weighted by atomic mass is 9.82. The zero-order valence-electron chi connectivity index (χ0n) is 29.5. The predicted molar refractivity (Wildman–Crippen MR) is 188 cm³/mol. The Labute approximate surface area is 290 Å². The van der Waals surface area contributed by atoms with Gasteiger partial charge in [0, 0.05) is 6.42 Å². The van der Waals surface area contributed by atoms with E-state index < -0.39 is 47.8 Å². The maximum Gasteiger partial charge on any atom is 0.337 e. The molecule has 1 rings (SSSR count). The van der Waals surface area contributed by atoms with Gasteiger partial charge in [-0.2, -0.15) is 0 Å². The van der Waals surface area contributed by atoms with E-state index in [0.717, 1.165) is 55.9 Å². The quantitative estimate of drug-likeness (QED) is 0.0303. The maximum absolute atomic E-state index is 13.4. The van der Waals surface area contributed by atoms with Gasteiger partial charge in [-0.15, -0.1) is 0 Å². The molecule has 12 heteroatoms. The summed E-state index contributed by atoms with van der Waals surface area (Å²) >= 11 is 0. The van der Waals surface area contributed by atoms with Crippen molar-refractivity contribution in [2.75, 3.05) is 13.7 Å². The molecule has 1 aromatic carbocycles. The molecule has 1 amide bonds. The Bertz CT molecular complexity index is 1250. The van der Waals surface area contributed by atoms with E-state index in [1.54, 1.807) is 31.4 Å². The van der Waals surface area contributed by atoms with Crippen LogP contribution in [0.25, 0.3) is 0 Å². The molecule has 0 saturated carbocycles. The Kier molecular flexibility index (Phi) is 21.0. The number of carboxylic acids is 3. The summed E-state index contributed by atoms with van der Waals surface area (Å²) in [5.74, 6) is -7.33. The van der Waals surface area contributed by atoms with Gasteiger partial charge >= 0.3 is 17.9 Å². The number of nitrogens with zero attached hydrogens (tertiary/aromatic N) is 1. The molecule has 5 N–H and O–H groups in total. The van der Waals surface area contributed by atoms with Crippen molar-refractivity contribution in [3.05, 3.63) is 53.6 Å². The number of nitrogens with one attached hydrogen (secondary N) is 1. The van der Waals surface area contributed by atoms with Crippen molar-refractivity contribution in [1.29, 1.82) is 0 Å². The van der Waals surface area contributed by atoms with Crippen molar-refractivity contribution in [1.82, 2.24) is 5.32 Å². The number of carbonyl (C=O) groups excluding carboxylic acids is 1. The summed E-state index contributed by atoms with van der Waals surface area (Å²) in [5, 5.41) is 46.4. The first-order chi connectivity index (χ1) is 23.3. The number of rotatable bonds is 27. The van der Waals surface area contributed by atoms with Gasteiger partial charge in [0.25, 0.3) is 0 Å². The van der Waals surface area contributed by atoms with E-state index in [2.05, 4.69) is 17.4 Å². The third-order valence-electron chi connectivity index (χ3n) is 8.01. The zero-order chi connectivity index (χ0) is 36.7. The molecule has 0 aliphatic carbocycles. The molecule has 49 heavy (non-hydrogen) atoms. The van der Waals surface area contributed by atoms with E-state index >= 15 is 0 Å². The lowest BCUT2D eigenvalue weighted by Crippen LogP contribution is -2.55. The lowest BCUT2D eigenvalue weighted by Gasteiger charge is -2.29. The number of unbranched alkanes of at least 4 members (excludes halogenated alkanes) is 8. The highest BCUT2D eigenvalue weighted by Crippen LogP contribution is 2.26. The van der Waals surface area contributed by atoms with Crippen LogP contribution in [0.1, 0.15) is 110 Å². The number of hydrogen-bond donors (Lipinski definition) is 5. The van der Waals surface area contributed by atoms with Gasteiger partial charge in [0.05, 0.1) is 18.1 Å².